The van der Waals surface area contributed by atoms with E-state index in [2.05, 4.69) is 30.6 Å². The molecule has 0 aromatic rings. The maximum atomic E-state index is 10.0. The first kappa shape index (κ1) is 29.9. The second kappa shape index (κ2) is 15.7. The van der Waals surface area contributed by atoms with Crippen LogP contribution in [-0.4, -0.2) is 41.3 Å². The monoisotopic (exact) mass is 504 g/mol. The van der Waals surface area contributed by atoms with E-state index >= 15 is 0 Å². The molecule has 2 aliphatic carbocycles. The van der Waals surface area contributed by atoms with Gasteiger partial charge in [0.2, 0.25) is 0 Å². The highest BCUT2D eigenvalue weighted by Gasteiger charge is 2.49. The molecule has 1 aliphatic heterocycles. The molecule has 3 rings (SSSR count). The molecule has 208 valence electrons. The number of hydrogen-bond donors (Lipinski definition) is 4. The minimum absolute atomic E-state index is 0.0111. The molecule has 5 unspecified atom stereocenters. The Hall–Kier alpha value is -0.640. The molecule has 0 amide bonds. The number of terminal acetylenes is 1. The van der Waals surface area contributed by atoms with Crippen LogP contribution < -0.4 is 10.9 Å². The molecule has 2 saturated carbocycles. The van der Waals surface area contributed by atoms with Crippen LogP contribution >= 0.6 is 0 Å². The fourth-order valence-electron chi connectivity index (χ4n) is 7.40. The van der Waals surface area contributed by atoms with Crippen LogP contribution in [0.15, 0.2) is 0 Å². The molecule has 3 fully saturated rings. The van der Waals surface area contributed by atoms with Crippen LogP contribution in [0.2, 0.25) is 0 Å². The highest BCUT2D eigenvalue weighted by atomic mass is 16.5. The Bertz CT molecular complexity index is 646. The molecule has 0 aromatic carbocycles. The van der Waals surface area contributed by atoms with E-state index in [9.17, 15) is 10.2 Å². The third-order valence-electron chi connectivity index (χ3n) is 9.84. The zero-order valence-corrected chi connectivity index (χ0v) is 23.4. The molecule has 1 saturated heterocycles. The van der Waals surface area contributed by atoms with Crippen LogP contribution in [0.25, 0.3) is 0 Å². The van der Waals surface area contributed by atoms with Crippen molar-refractivity contribution in [2.24, 2.45) is 29.6 Å². The zero-order chi connectivity index (χ0) is 25.8. The van der Waals surface area contributed by atoms with E-state index in [1.54, 1.807) is 0 Å². The molecule has 0 aromatic heterocycles. The Kier molecular flexibility index (Phi) is 13.0. The van der Waals surface area contributed by atoms with Crippen molar-refractivity contribution in [3.63, 3.8) is 0 Å². The average molecular weight is 505 g/mol. The highest BCUT2D eigenvalue weighted by molar-refractivity contribution is 5.01. The van der Waals surface area contributed by atoms with E-state index in [4.69, 9.17) is 11.2 Å². The van der Waals surface area contributed by atoms with Crippen LogP contribution in [0.1, 0.15) is 123 Å². The molecule has 1 heterocycles. The standard InChI is InChI=1S/C31H56N2O3/c1-4-7-8-9-10-20-36-28(23-34)16-14-24(5-2)21-25-15-17-30-26(12-11-13-29(25)30)22-31(32-33-31)19-18-27(35)6-3/h1,24-30,32-35H,5-23H2,2-3H3/t24-,25?,26?,27+,28?,29?,30?/m1/s1. The average Bonchev–Trinajstić information content (AvgIpc) is 3.54. The molecular formula is C31H56N2O3. The van der Waals surface area contributed by atoms with Gasteiger partial charge in [-0.1, -0.05) is 39.5 Å². The number of unbranched alkanes of at least 4 members (excludes halogenated alkanes) is 3. The van der Waals surface area contributed by atoms with Gasteiger partial charge in [0.25, 0.3) is 0 Å². The van der Waals surface area contributed by atoms with Crippen molar-refractivity contribution in [2.45, 2.75) is 141 Å². The van der Waals surface area contributed by atoms with Crippen LogP contribution in [0.4, 0.5) is 0 Å². The van der Waals surface area contributed by atoms with E-state index in [1.807, 2.05) is 0 Å². The normalized spacial score (nSPS) is 29.3. The van der Waals surface area contributed by atoms with Crippen molar-refractivity contribution < 1.29 is 14.9 Å². The number of hydrogen-bond acceptors (Lipinski definition) is 5. The number of rotatable bonds is 19. The van der Waals surface area contributed by atoms with Gasteiger partial charge in [0.1, 0.15) is 0 Å². The quantitative estimate of drug-likeness (QED) is 0.0992. The molecule has 4 N–H and O–H groups in total. The van der Waals surface area contributed by atoms with E-state index in [0.29, 0.717) is 0 Å². The predicted molar refractivity (Wildman–Crippen MR) is 148 cm³/mol. The Morgan fingerprint density at radius 2 is 1.78 bits per heavy atom. The summed E-state index contributed by atoms with van der Waals surface area (Å²) in [6.07, 6.45) is 25.0. The van der Waals surface area contributed by atoms with Crippen molar-refractivity contribution in [3.8, 4) is 12.3 Å². The predicted octanol–water partition coefficient (Wildman–Crippen LogP) is 5.94. The first-order chi connectivity index (χ1) is 17.5. The van der Waals surface area contributed by atoms with E-state index in [1.165, 1.54) is 57.8 Å². The van der Waals surface area contributed by atoms with Gasteiger partial charge in [0, 0.05) is 13.0 Å². The smallest absolute Gasteiger partial charge is 0.0947 e. The summed E-state index contributed by atoms with van der Waals surface area (Å²) < 4.78 is 6.00. The Labute approximate surface area is 221 Å². The van der Waals surface area contributed by atoms with E-state index in [-0.39, 0.29) is 24.5 Å². The van der Waals surface area contributed by atoms with Crippen molar-refractivity contribution in [1.82, 2.24) is 10.9 Å². The van der Waals surface area contributed by atoms with Gasteiger partial charge in [-0.25, -0.2) is 10.9 Å². The molecule has 7 atom stereocenters. The largest absolute Gasteiger partial charge is 0.394 e. The van der Waals surface area contributed by atoms with Crippen LogP contribution in [0, 0.1) is 41.9 Å². The molecule has 0 radical (unpaired) electrons. The molecule has 0 bridgehead atoms. The van der Waals surface area contributed by atoms with Gasteiger partial charge in [-0.15, -0.1) is 12.3 Å². The number of nitrogens with one attached hydrogen (secondary N) is 2. The molecule has 0 spiro atoms. The van der Waals surface area contributed by atoms with E-state index < -0.39 is 0 Å². The van der Waals surface area contributed by atoms with Crippen LogP contribution in [0.5, 0.6) is 0 Å². The molecular weight excluding hydrogens is 448 g/mol. The number of fused-ring (bicyclic) bond motifs is 1. The van der Waals surface area contributed by atoms with E-state index in [0.717, 1.165) is 87.6 Å². The molecule has 5 nitrogen and oxygen atoms in total. The van der Waals surface area contributed by atoms with Crippen molar-refractivity contribution in [2.75, 3.05) is 13.2 Å². The topological polar surface area (TPSA) is 93.6 Å². The second-order valence-corrected chi connectivity index (χ2v) is 12.3. The van der Waals surface area contributed by atoms with Gasteiger partial charge in [-0.05, 0) is 107 Å². The third kappa shape index (κ3) is 9.28. The molecule has 3 aliphatic rings. The summed E-state index contributed by atoms with van der Waals surface area (Å²) in [4.78, 5) is 0. The molecule has 5 heteroatoms. The maximum absolute atomic E-state index is 10.0. The maximum Gasteiger partial charge on any atom is 0.0947 e. The summed E-state index contributed by atoms with van der Waals surface area (Å²) in [5, 5.41) is 19.9. The van der Waals surface area contributed by atoms with Crippen molar-refractivity contribution in [3.05, 3.63) is 0 Å². The number of ether oxygens (including phenoxy) is 1. The summed E-state index contributed by atoms with van der Waals surface area (Å²) in [5.41, 5.74) is 7.02. The highest BCUT2D eigenvalue weighted by Crippen LogP contribution is 2.53. The second-order valence-electron chi connectivity index (χ2n) is 12.3. The Morgan fingerprint density at radius 1 is 0.972 bits per heavy atom. The summed E-state index contributed by atoms with van der Waals surface area (Å²) >= 11 is 0. The Morgan fingerprint density at radius 3 is 2.47 bits per heavy atom. The van der Waals surface area contributed by atoms with Crippen LogP contribution in [0.3, 0.4) is 0 Å². The van der Waals surface area contributed by atoms with Crippen LogP contribution in [-0.2, 0) is 4.74 Å². The minimum Gasteiger partial charge on any atom is -0.394 e. The lowest BCUT2D eigenvalue weighted by Gasteiger charge is -2.38. The summed E-state index contributed by atoms with van der Waals surface area (Å²) in [5.74, 6) is 6.94. The fourth-order valence-corrected chi connectivity index (χ4v) is 7.40. The van der Waals surface area contributed by atoms with Gasteiger partial charge in [0.05, 0.1) is 24.5 Å². The summed E-state index contributed by atoms with van der Waals surface area (Å²) in [6.45, 7) is 5.29. The van der Waals surface area contributed by atoms with Gasteiger partial charge < -0.3 is 14.9 Å². The van der Waals surface area contributed by atoms with Gasteiger partial charge in [0.15, 0.2) is 0 Å². The van der Waals surface area contributed by atoms with Crippen molar-refractivity contribution >= 4 is 0 Å². The van der Waals surface area contributed by atoms with Gasteiger partial charge in [-0.3, -0.25) is 0 Å². The first-order valence-corrected chi connectivity index (χ1v) is 15.4. The Balaban J connectivity index is 1.41. The van der Waals surface area contributed by atoms with Crippen molar-refractivity contribution in [1.29, 1.82) is 0 Å². The zero-order valence-electron chi connectivity index (χ0n) is 23.4. The number of aliphatic hydroxyl groups is 2. The summed E-state index contributed by atoms with van der Waals surface area (Å²) in [6, 6.07) is 0. The lowest BCUT2D eigenvalue weighted by atomic mass is 9.68. The fraction of sp³-hybridized carbons (Fsp3) is 0.935. The molecule has 36 heavy (non-hydrogen) atoms. The lowest BCUT2D eigenvalue weighted by molar-refractivity contribution is 0.00197. The minimum atomic E-state index is -0.165. The SMILES string of the molecule is C#CCCCCCOC(CO)CC[C@@H](CC)CC1CCC2C(CC3(CC[C@@H](O)CC)NN3)CCCC12. The first-order valence-electron chi connectivity index (χ1n) is 15.4. The van der Waals surface area contributed by atoms with Gasteiger partial charge in [-0.2, -0.15) is 0 Å². The summed E-state index contributed by atoms with van der Waals surface area (Å²) in [7, 11) is 0. The third-order valence-corrected chi connectivity index (χ3v) is 9.84. The lowest BCUT2D eigenvalue weighted by Crippen LogP contribution is -2.33. The van der Waals surface area contributed by atoms with Gasteiger partial charge >= 0.3 is 0 Å². The number of hydrazine groups is 1. The number of aliphatic hydroxyl groups excluding tert-OH is 2.